The van der Waals surface area contributed by atoms with Gasteiger partial charge in [0.1, 0.15) is 11.2 Å². The minimum Gasteiger partial charge on any atom is -0.351 e. The number of amides is 2. The van der Waals surface area contributed by atoms with Crippen molar-refractivity contribution in [2.45, 2.75) is 121 Å². The lowest BCUT2D eigenvalue weighted by Gasteiger charge is -2.47. The van der Waals surface area contributed by atoms with Crippen LogP contribution in [0.4, 0.5) is 0 Å². The van der Waals surface area contributed by atoms with Gasteiger partial charge in [-0.1, -0.05) is 82.6 Å². The molecule has 1 unspecified atom stereocenters. The number of carbonyl (C=O) groups is 2. The van der Waals surface area contributed by atoms with E-state index in [9.17, 15) is 9.59 Å². The zero-order valence-corrected chi connectivity index (χ0v) is 22.1. The molecule has 36 heavy (non-hydrogen) atoms. The molecule has 194 valence electrons. The van der Waals surface area contributed by atoms with Gasteiger partial charge in [0.05, 0.1) is 12.2 Å². The Morgan fingerprint density at radius 2 is 1.58 bits per heavy atom. The number of nitrogens with zero attached hydrogens (tertiary/aromatic N) is 3. The highest BCUT2D eigenvalue weighted by atomic mass is 16.2. The first kappa shape index (κ1) is 25.0. The fraction of sp³-hybridized carbons (Fsp3) is 0.633. The summed E-state index contributed by atoms with van der Waals surface area (Å²) in [6.07, 6.45) is 14.5. The third kappa shape index (κ3) is 4.96. The van der Waals surface area contributed by atoms with Gasteiger partial charge >= 0.3 is 0 Å². The van der Waals surface area contributed by atoms with E-state index in [4.69, 9.17) is 5.10 Å². The van der Waals surface area contributed by atoms with Crippen molar-refractivity contribution in [2.24, 2.45) is 0 Å². The molecule has 6 nitrogen and oxygen atoms in total. The van der Waals surface area contributed by atoms with Gasteiger partial charge in [-0.3, -0.25) is 14.3 Å². The van der Waals surface area contributed by atoms with E-state index in [1.165, 1.54) is 31.2 Å². The molecule has 2 amide bonds. The van der Waals surface area contributed by atoms with Crippen molar-refractivity contribution in [3.8, 4) is 11.3 Å². The molecule has 2 aliphatic carbocycles. The van der Waals surface area contributed by atoms with Crippen molar-refractivity contribution >= 4 is 11.8 Å². The number of aromatic nitrogens is 2. The first-order chi connectivity index (χ1) is 17.5. The van der Waals surface area contributed by atoms with Gasteiger partial charge in [0.15, 0.2) is 0 Å². The number of benzene rings is 1. The topological polar surface area (TPSA) is 67.2 Å². The average Bonchev–Trinajstić information content (AvgIpc) is 3.04. The molecule has 3 aliphatic rings. The molecule has 5 rings (SSSR count). The van der Waals surface area contributed by atoms with E-state index in [0.717, 1.165) is 69.0 Å². The number of aryl methyl sites for hydroxylation is 1. The quantitative estimate of drug-likeness (QED) is 0.532. The molecule has 1 aliphatic heterocycles. The maximum Gasteiger partial charge on any atom is 0.273 e. The summed E-state index contributed by atoms with van der Waals surface area (Å²) in [5, 5.41) is 8.24. The standard InChI is InChI=1S/C30H42N4O2/c1-3-22-16-18-23(19-17-22)26-20-27-28(35)34(25-14-10-6-7-11-15-25)30(2,21-33(27)32-26)29(36)31-24-12-8-4-5-9-13-24/h16-20,24-25H,3-15,21H2,1-2H3,(H,31,36). The van der Waals surface area contributed by atoms with E-state index in [1.54, 1.807) is 4.68 Å². The van der Waals surface area contributed by atoms with E-state index < -0.39 is 5.54 Å². The minimum atomic E-state index is -0.944. The molecule has 1 N–H and O–H groups in total. The Morgan fingerprint density at radius 3 is 2.19 bits per heavy atom. The Bertz CT molecular complexity index is 1060. The first-order valence-electron chi connectivity index (χ1n) is 14.3. The third-order valence-corrected chi connectivity index (χ3v) is 8.73. The Hall–Kier alpha value is -2.63. The van der Waals surface area contributed by atoms with E-state index in [0.29, 0.717) is 12.2 Å². The van der Waals surface area contributed by atoms with Crippen LogP contribution in [0.3, 0.4) is 0 Å². The molecule has 6 heteroatoms. The summed E-state index contributed by atoms with van der Waals surface area (Å²) < 4.78 is 1.80. The molecule has 1 aromatic heterocycles. The van der Waals surface area contributed by atoms with Gasteiger partial charge in [0.25, 0.3) is 5.91 Å². The van der Waals surface area contributed by atoms with Crippen LogP contribution in [0.1, 0.15) is 107 Å². The summed E-state index contributed by atoms with van der Waals surface area (Å²) in [6.45, 7) is 4.52. The summed E-state index contributed by atoms with van der Waals surface area (Å²) in [5.74, 6) is -0.0578. The molecule has 0 radical (unpaired) electrons. The van der Waals surface area contributed by atoms with E-state index >= 15 is 0 Å². The van der Waals surface area contributed by atoms with Crippen molar-refractivity contribution in [2.75, 3.05) is 0 Å². The Morgan fingerprint density at radius 1 is 0.972 bits per heavy atom. The highest BCUT2D eigenvalue weighted by Crippen LogP contribution is 2.36. The van der Waals surface area contributed by atoms with Crippen LogP contribution in [-0.2, 0) is 17.8 Å². The second-order valence-electron chi connectivity index (χ2n) is 11.4. The van der Waals surface area contributed by atoms with Crippen molar-refractivity contribution in [3.05, 3.63) is 41.6 Å². The lowest BCUT2D eigenvalue weighted by molar-refractivity contribution is -0.135. The highest BCUT2D eigenvalue weighted by Gasteiger charge is 2.51. The summed E-state index contributed by atoms with van der Waals surface area (Å²) in [7, 11) is 0. The Balaban J connectivity index is 1.48. The van der Waals surface area contributed by atoms with Crippen molar-refractivity contribution in [1.29, 1.82) is 0 Å². The number of hydrogen-bond acceptors (Lipinski definition) is 3. The average molecular weight is 491 g/mol. The summed E-state index contributed by atoms with van der Waals surface area (Å²) in [5.41, 5.74) is 2.75. The molecule has 1 aromatic carbocycles. The molecule has 0 bridgehead atoms. The number of hydrogen-bond donors (Lipinski definition) is 1. The van der Waals surface area contributed by atoms with Crippen molar-refractivity contribution < 1.29 is 9.59 Å². The number of nitrogens with one attached hydrogen (secondary N) is 1. The van der Waals surface area contributed by atoms with Gasteiger partial charge in [-0.25, -0.2) is 0 Å². The van der Waals surface area contributed by atoms with Crippen LogP contribution in [0.25, 0.3) is 11.3 Å². The monoisotopic (exact) mass is 490 g/mol. The Kier molecular flexibility index (Phi) is 7.49. The Labute approximate surface area is 215 Å². The summed E-state index contributed by atoms with van der Waals surface area (Å²) in [4.78, 5) is 30.1. The molecular formula is C30H42N4O2. The molecule has 0 spiro atoms. The molecule has 1 atom stereocenters. The summed E-state index contributed by atoms with van der Waals surface area (Å²) in [6, 6.07) is 10.6. The number of fused-ring (bicyclic) bond motifs is 1. The van der Waals surface area contributed by atoms with Gasteiger partial charge in [0, 0.05) is 17.6 Å². The van der Waals surface area contributed by atoms with Crippen LogP contribution in [0.15, 0.2) is 30.3 Å². The maximum atomic E-state index is 14.1. The second-order valence-corrected chi connectivity index (χ2v) is 11.4. The fourth-order valence-corrected chi connectivity index (χ4v) is 6.51. The van der Waals surface area contributed by atoms with Crippen LogP contribution < -0.4 is 5.32 Å². The number of rotatable bonds is 5. The molecule has 2 fully saturated rings. The lowest BCUT2D eigenvalue weighted by atomic mass is 9.90. The van der Waals surface area contributed by atoms with Gasteiger partial charge in [-0.2, -0.15) is 5.10 Å². The van der Waals surface area contributed by atoms with E-state index in [2.05, 4.69) is 36.5 Å². The van der Waals surface area contributed by atoms with Gasteiger partial charge in [0.2, 0.25) is 5.91 Å². The molecule has 2 aromatic rings. The molecule has 2 saturated carbocycles. The minimum absolute atomic E-state index is 0.0120. The zero-order chi connectivity index (χ0) is 25.1. The van der Waals surface area contributed by atoms with Gasteiger partial charge in [-0.05, 0) is 50.7 Å². The third-order valence-electron chi connectivity index (χ3n) is 8.73. The van der Waals surface area contributed by atoms with E-state index in [-0.39, 0.29) is 23.9 Å². The van der Waals surface area contributed by atoms with Gasteiger partial charge in [-0.15, -0.1) is 0 Å². The fourth-order valence-electron chi connectivity index (χ4n) is 6.51. The summed E-state index contributed by atoms with van der Waals surface area (Å²) >= 11 is 0. The normalized spacial score (nSPS) is 24.2. The van der Waals surface area contributed by atoms with Crippen molar-refractivity contribution in [1.82, 2.24) is 20.0 Å². The molecule has 2 heterocycles. The second kappa shape index (κ2) is 10.8. The lowest BCUT2D eigenvalue weighted by Crippen LogP contribution is -2.67. The molecular weight excluding hydrogens is 448 g/mol. The van der Waals surface area contributed by atoms with Crippen molar-refractivity contribution in [3.63, 3.8) is 0 Å². The van der Waals surface area contributed by atoms with Gasteiger partial charge < -0.3 is 10.2 Å². The van der Waals surface area contributed by atoms with Crippen LogP contribution >= 0.6 is 0 Å². The molecule has 0 saturated heterocycles. The highest BCUT2D eigenvalue weighted by molar-refractivity contribution is 6.00. The van der Waals surface area contributed by atoms with Crippen LogP contribution in [0, 0.1) is 0 Å². The SMILES string of the molecule is CCc1ccc(-c2cc3n(n2)CC(C)(C(=O)NC2CCCCCC2)N(C2CCCCCC2)C3=O)cc1. The van der Waals surface area contributed by atoms with E-state index in [1.807, 2.05) is 17.9 Å². The predicted molar refractivity (Wildman–Crippen MR) is 143 cm³/mol. The maximum absolute atomic E-state index is 14.1. The first-order valence-corrected chi connectivity index (χ1v) is 14.3. The largest absolute Gasteiger partial charge is 0.351 e. The predicted octanol–water partition coefficient (Wildman–Crippen LogP) is 5.89. The number of carbonyl (C=O) groups excluding carboxylic acids is 2. The van der Waals surface area contributed by atoms with Crippen LogP contribution in [-0.4, -0.2) is 44.1 Å². The van der Waals surface area contributed by atoms with Crippen LogP contribution in [0.5, 0.6) is 0 Å². The van der Waals surface area contributed by atoms with Crippen LogP contribution in [0.2, 0.25) is 0 Å². The zero-order valence-electron chi connectivity index (χ0n) is 22.1. The smallest absolute Gasteiger partial charge is 0.273 e.